The van der Waals surface area contributed by atoms with Crippen LogP contribution in [-0.2, 0) is 0 Å². The van der Waals surface area contributed by atoms with Crippen molar-refractivity contribution in [2.45, 2.75) is 18.0 Å². The highest BCUT2D eigenvalue weighted by atomic mass is 16.3. The molecule has 2 heterocycles. The second-order valence-electron chi connectivity index (χ2n) is 9.23. The molecule has 0 bridgehead atoms. The first-order valence-electron chi connectivity index (χ1n) is 11.8. The summed E-state index contributed by atoms with van der Waals surface area (Å²) in [6.45, 7) is 0. The zero-order valence-corrected chi connectivity index (χ0v) is 19.2. The lowest BCUT2D eigenvalue weighted by atomic mass is 9.69. The van der Waals surface area contributed by atoms with Crippen LogP contribution < -0.4 is 4.90 Å². The number of fused-ring (bicyclic) bond motifs is 5. The number of phenols is 1. The number of hydrogen-bond acceptors (Lipinski definition) is 5. The number of para-hydroxylation sites is 1. The Morgan fingerprint density at radius 1 is 0.861 bits per heavy atom. The Bertz CT molecular complexity index is 1610. The molecule has 1 N–H and O–H groups in total. The Morgan fingerprint density at radius 2 is 1.56 bits per heavy atom. The summed E-state index contributed by atoms with van der Waals surface area (Å²) in [5, 5.41) is 34.0. The van der Waals surface area contributed by atoms with Crippen molar-refractivity contribution in [1.82, 2.24) is 0 Å². The zero-order chi connectivity index (χ0) is 24.9. The van der Waals surface area contributed by atoms with Crippen LogP contribution >= 0.6 is 0 Å². The number of rotatable bonds is 3. The smallest absolute Gasteiger partial charge is 0.185 e. The van der Waals surface area contributed by atoms with Gasteiger partial charge in [-0.2, -0.15) is 10.5 Å². The standard InChI is InChI=1S/C31H21N3O2/c32-18-31(19-33)27-17-15-23-22-11-5-4-8-20(22)14-16-25(23)34(27)29(30(36)21-9-2-1-3-10-21)28(31)24-12-6-7-13-26(24)35/h1-17,27-29,35H/t27-,28+,29-/m0/s1. The molecule has 3 atom stereocenters. The van der Waals surface area contributed by atoms with E-state index in [-0.39, 0.29) is 11.5 Å². The van der Waals surface area contributed by atoms with E-state index in [1.807, 2.05) is 59.5 Å². The van der Waals surface area contributed by atoms with Crippen molar-refractivity contribution in [3.05, 3.63) is 114 Å². The number of nitrogens with zero attached hydrogens (tertiary/aromatic N) is 3. The third-order valence-corrected chi connectivity index (χ3v) is 7.51. The Balaban J connectivity index is 1.67. The van der Waals surface area contributed by atoms with Crippen LogP contribution in [0.1, 0.15) is 27.4 Å². The third-order valence-electron chi connectivity index (χ3n) is 7.51. The number of anilines is 1. The van der Waals surface area contributed by atoms with Gasteiger partial charge in [0.1, 0.15) is 11.8 Å². The van der Waals surface area contributed by atoms with Gasteiger partial charge in [-0.25, -0.2) is 0 Å². The molecular formula is C31H21N3O2. The van der Waals surface area contributed by atoms with Crippen molar-refractivity contribution in [2.24, 2.45) is 5.41 Å². The fraction of sp³-hybridized carbons (Fsp3) is 0.129. The van der Waals surface area contributed by atoms with Gasteiger partial charge in [-0.05, 0) is 22.9 Å². The minimum absolute atomic E-state index is 0.0363. The maximum atomic E-state index is 14.2. The Hall–Kier alpha value is -4.87. The fourth-order valence-corrected chi connectivity index (χ4v) is 5.92. The monoisotopic (exact) mass is 467 g/mol. The molecule has 0 aromatic heterocycles. The number of hydrogen-bond donors (Lipinski definition) is 1. The minimum atomic E-state index is -1.60. The first-order valence-corrected chi connectivity index (χ1v) is 11.8. The molecule has 2 aliphatic heterocycles. The normalized spacial score (nSPS) is 21.3. The van der Waals surface area contributed by atoms with Gasteiger partial charge in [-0.15, -0.1) is 0 Å². The highest BCUT2D eigenvalue weighted by molar-refractivity contribution is 6.06. The van der Waals surface area contributed by atoms with Gasteiger partial charge in [0.15, 0.2) is 11.2 Å². The molecule has 0 spiro atoms. The fourth-order valence-electron chi connectivity index (χ4n) is 5.92. The summed E-state index contributed by atoms with van der Waals surface area (Å²) in [4.78, 5) is 16.2. The van der Waals surface area contributed by atoms with Crippen molar-refractivity contribution < 1.29 is 9.90 Å². The topological polar surface area (TPSA) is 88.1 Å². The van der Waals surface area contributed by atoms with Gasteiger partial charge < -0.3 is 10.0 Å². The van der Waals surface area contributed by atoms with E-state index >= 15 is 0 Å². The van der Waals surface area contributed by atoms with Crippen LogP contribution in [-0.4, -0.2) is 23.0 Å². The van der Waals surface area contributed by atoms with Gasteiger partial charge >= 0.3 is 0 Å². The highest BCUT2D eigenvalue weighted by Crippen LogP contribution is 2.57. The Morgan fingerprint density at radius 3 is 2.31 bits per heavy atom. The van der Waals surface area contributed by atoms with E-state index in [9.17, 15) is 20.4 Å². The molecule has 2 aliphatic rings. The lowest BCUT2D eigenvalue weighted by Gasteiger charge is -2.36. The van der Waals surface area contributed by atoms with Crippen LogP contribution in [0.4, 0.5) is 5.69 Å². The van der Waals surface area contributed by atoms with Crippen LogP contribution in [0.25, 0.3) is 16.8 Å². The van der Waals surface area contributed by atoms with Gasteiger partial charge in [-0.1, -0.05) is 91.0 Å². The zero-order valence-electron chi connectivity index (χ0n) is 19.2. The average Bonchev–Trinajstić information content (AvgIpc) is 3.24. The quantitative estimate of drug-likeness (QED) is 0.383. The SMILES string of the molecule is N#CC1(C#N)[C@H](c2ccccc2O)[C@@H](C(=O)c2ccccc2)N2c3ccc4ccccc4c3C=C[C@H]21. The third kappa shape index (κ3) is 2.90. The summed E-state index contributed by atoms with van der Waals surface area (Å²) >= 11 is 0. The number of aromatic hydroxyl groups is 1. The number of carbonyl (C=O) groups is 1. The number of carbonyl (C=O) groups excluding carboxylic acids is 1. The minimum Gasteiger partial charge on any atom is -0.508 e. The van der Waals surface area contributed by atoms with Crippen molar-refractivity contribution in [1.29, 1.82) is 10.5 Å². The Labute approximate surface area is 208 Å². The van der Waals surface area contributed by atoms with Crippen molar-refractivity contribution in [3.63, 3.8) is 0 Å². The van der Waals surface area contributed by atoms with Crippen molar-refractivity contribution in [3.8, 4) is 17.9 Å². The molecule has 36 heavy (non-hydrogen) atoms. The summed E-state index contributed by atoms with van der Waals surface area (Å²) < 4.78 is 0. The summed E-state index contributed by atoms with van der Waals surface area (Å²) in [7, 11) is 0. The van der Waals surface area contributed by atoms with Gasteiger partial charge in [0.05, 0.1) is 18.2 Å². The molecule has 0 aliphatic carbocycles. The first kappa shape index (κ1) is 21.6. The molecular weight excluding hydrogens is 446 g/mol. The van der Waals surface area contributed by atoms with Crippen LogP contribution in [0.5, 0.6) is 5.75 Å². The largest absolute Gasteiger partial charge is 0.508 e. The highest BCUT2D eigenvalue weighted by Gasteiger charge is 2.63. The predicted molar refractivity (Wildman–Crippen MR) is 138 cm³/mol. The van der Waals surface area contributed by atoms with Gasteiger partial charge in [-0.3, -0.25) is 4.79 Å². The van der Waals surface area contributed by atoms with Crippen LogP contribution in [0.3, 0.4) is 0 Å². The van der Waals surface area contributed by atoms with Gasteiger partial charge in [0.2, 0.25) is 0 Å². The summed E-state index contributed by atoms with van der Waals surface area (Å²) in [6, 6.07) is 30.6. The maximum absolute atomic E-state index is 14.2. The van der Waals surface area contributed by atoms with E-state index in [1.165, 1.54) is 6.07 Å². The molecule has 5 nitrogen and oxygen atoms in total. The average molecular weight is 468 g/mol. The molecule has 1 fully saturated rings. The van der Waals surface area contributed by atoms with Gasteiger partial charge in [0.25, 0.3) is 0 Å². The van der Waals surface area contributed by atoms with E-state index in [2.05, 4.69) is 12.1 Å². The number of Topliss-reactive ketones (excluding diaryl/α,β-unsaturated/α-hetero) is 1. The predicted octanol–water partition coefficient (Wildman–Crippen LogP) is 5.83. The van der Waals surface area contributed by atoms with Crippen LogP contribution in [0.15, 0.2) is 97.1 Å². The summed E-state index contributed by atoms with van der Waals surface area (Å²) in [6.07, 6.45) is 3.83. The lowest BCUT2D eigenvalue weighted by Crippen LogP contribution is -2.44. The molecule has 5 heteroatoms. The molecule has 4 aromatic carbocycles. The van der Waals surface area contributed by atoms with E-state index < -0.39 is 23.4 Å². The van der Waals surface area contributed by atoms with E-state index in [1.54, 1.807) is 42.5 Å². The second kappa shape index (κ2) is 8.12. The molecule has 0 amide bonds. The number of nitriles is 2. The van der Waals surface area contributed by atoms with Crippen molar-refractivity contribution >= 4 is 28.3 Å². The maximum Gasteiger partial charge on any atom is 0.185 e. The Kier molecular flexibility index (Phi) is 4.88. The van der Waals surface area contributed by atoms with Crippen molar-refractivity contribution in [2.75, 3.05) is 4.90 Å². The molecule has 4 aromatic rings. The molecule has 172 valence electrons. The number of benzene rings is 4. The lowest BCUT2D eigenvalue weighted by molar-refractivity contribution is 0.0950. The van der Waals surface area contributed by atoms with E-state index in [0.29, 0.717) is 11.1 Å². The molecule has 0 unspecified atom stereocenters. The summed E-state index contributed by atoms with van der Waals surface area (Å²) in [5.41, 5.74) is 1.04. The van der Waals surface area contributed by atoms with E-state index in [4.69, 9.17) is 0 Å². The molecule has 0 radical (unpaired) electrons. The summed E-state index contributed by atoms with van der Waals surface area (Å²) in [5.74, 6) is -1.12. The van der Waals surface area contributed by atoms with E-state index in [0.717, 1.165) is 22.0 Å². The van der Waals surface area contributed by atoms with Crippen LogP contribution in [0.2, 0.25) is 0 Å². The molecule has 0 saturated carbocycles. The first-order chi connectivity index (χ1) is 17.6. The van der Waals surface area contributed by atoms with Gasteiger partial charge in [0, 0.05) is 28.3 Å². The number of phenolic OH excluding ortho intramolecular Hbond substituents is 1. The molecule has 6 rings (SSSR count). The molecule has 1 saturated heterocycles. The second-order valence-corrected chi connectivity index (χ2v) is 9.23. The number of ketones is 1. The van der Waals surface area contributed by atoms with Crippen LogP contribution in [0, 0.1) is 28.1 Å².